The summed E-state index contributed by atoms with van der Waals surface area (Å²) in [6, 6.07) is 14.4. The standard InChI is InChI=1S/C16H16FNO/c17-13-7-5-12(6-8-13)15-3-1-2-4-16(15)19-14-9-10-18-11-14/h1-8,14,18H,9-11H2/t14-/m0/s1. The summed E-state index contributed by atoms with van der Waals surface area (Å²) in [5.74, 6) is 0.643. The molecule has 0 bridgehead atoms. The summed E-state index contributed by atoms with van der Waals surface area (Å²) in [7, 11) is 0. The summed E-state index contributed by atoms with van der Waals surface area (Å²) in [6.45, 7) is 1.89. The summed E-state index contributed by atoms with van der Waals surface area (Å²) < 4.78 is 19.0. The molecule has 0 aromatic heterocycles. The first-order valence-electron chi connectivity index (χ1n) is 6.55. The van der Waals surface area contributed by atoms with Crippen LogP contribution in [0.2, 0.25) is 0 Å². The fourth-order valence-electron chi connectivity index (χ4n) is 2.35. The number of benzene rings is 2. The molecule has 0 amide bonds. The zero-order valence-electron chi connectivity index (χ0n) is 10.6. The van der Waals surface area contributed by atoms with Gasteiger partial charge in [-0.2, -0.15) is 0 Å². The number of hydrogen-bond donors (Lipinski definition) is 1. The number of rotatable bonds is 3. The highest BCUT2D eigenvalue weighted by Crippen LogP contribution is 2.31. The maximum Gasteiger partial charge on any atom is 0.127 e. The Morgan fingerprint density at radius 1 is 1.05 bits per heavy atom. The zero-order valence-corrected chi connectivity index (χ0v) is 10.6. The minimum atomic E-state index is -0.220. The Bertz CT molecular complexity index is 547. The Morgan fingerprint density at radius 2 is 1.84 bits per heavy atom. The van der Waals surface area contributed by atoms with Crippen molar-refractivity contribution in [3.05, 3.63) is 54.3 Å². The van der Waals surface area contributed by atoms with Crippen molar-refractivity contribution >= 4 is 0 Å². The Morgan fingerprint density at radius 3 is 2.58 bits per heavy atom. The van der Waals surface area contributed by atoms with Gasteiger partial charge in [-0.1, -0.05) is 30.3 Å². The van der Waals surface area contributed by atoms with Gasteiger partial charge >= 0.3 is 0 Å². The van der Waals surface area contributed by atoms with E-state index in [4.69, 9.17) is 4.74 Å². The second-order valence-corrected chi connectivity index (χ2v) is 4.74. The normalized spacial score (nSPS) is 18.5. The first kappa shape index (κ1) is 12.2. The minimum Gasteiger partial charge on any atom is -0.488 e. The average Bonchev–Trinajstić information content (AvgIpc) is 2.93. The van der Waals surface area contributed by atoms with Gasteiger partial charge in [0.15, 0.2) is 0 Å². The van der Waals surface area contributed by atoms with E-state index in [0.717, 1.165) is 36.4 Å². The summed E-state index contributed by atoms with van der Waals surface area (Å²) in [4.78, 5) is 0. The molecular formula is C16H16FNO. The van der Waals surface area contributed by atoms with Gasteiger partial charge in [0, 0.05) is 12.1 Å². The van der Waals surface area contributed by atoms with Crippen molar-refractivity contribution in [2.75, 3.05) is 13.1 Å². The van der Waals surface area contributed by atoms with Gasteiger partial charge in [-0.3, -0.25) is 0 Å². The topological polar surface area (TPSA) is 21.3 Å². The molecule has 1 aliphatic rings. The molecular weight excluding hydrogens is 241 g/mol. The van der Waals surface area contributed by atoms with Crippen LogP contribution < -0.4 is 10.1 Å². The molecule has 1 fully saturated rings. The summed E-state index contributed by atoms with van der Waals surface area (Å²) in [5.41, 5.74) is 1.98. The number of ether oxygens (including phenoxy) is 1. The lowest BCUT2D eigenvalue weighted by molar-refractivity contribution is 0.224. The first-order valence-corrected chi connectivity index (χ1v) is 6.55. The molecule has 1 heterocycles. The third-order valence-corrected chi connectivity index (χ3v) is 3.35. The third kappa shape index (κ3) is 2.76. The second-order valence-electron chi connectivity index (χ2n) is 4.74. The number of para-hydroxylation sites is 1. The molecule has 19 heavy (non-hydrogen) atoms. The maximum absolute atomic E-state index is 13.0. The van der Waals surface area contributed by atoms with Crippen LogP contribution in [-0.4, -0.2) is 19.2 Å². The molecule has 1 N–H and O–H groups in total. The fraction of sp³-hybridized carbons (Fsp3) is 0.250. The molecule has 1 atom stereocenters. The van der Waals surface area contributed by atoms with Crippen LogP contribution in [0.4, 0.5) is 4.39 Å². The third-order valence-electron chi connectivity index (χ3n) is 3.35. The van der Waals surface area contributed by atoms with E-state index in [1.54, 1.807) is 12.1 Å². The van der Waals surface area contributed by atoms with Gasteiger partial charge in [0.2, 0.25) is 0 Å². The molecule has 98 valence electrons. The van der Waals surface area contributed by atoms with E-state index in [2.05, 4.69) is 5.32 Å². The van der Waals surface area contributed by atoms with Gasteiger partial charge in [0.1, 0.15) is 17.7 Å². The molecule has 0 radical (unpaired) electrons. The Kier molecular flexibility index (Phi) is 3.47. The fourth-order valence-corrected chi connectivity index (χ4v) is 2.35. The predicted octanol–water partition coefficient (Wildman–Crippen LogP) is 3.23. The highest BCUT2D eigenvalue weighted by atomic mass is 19.1. The van der Waals surface area contributed by atoms with E-state index < -0.39 is 0 Å². The van der Waals surface area contributed by atoms with Crippen molar-refractivity contribution in [3.8, 4) is 16.9 Å². The van der Waals surface area contributed by atoms with E-state index >= 15 is 0 Å². The van der Waals surface area contributed by atoms with Crippen molar-refractivity contribution in [3.63, 3.8) is 0 Å². The van der Waals surface area contributed by atoms with Gasteiger partial charge in [-0.25, -0.2) is 4.39 Å². The molecule has 1 saturated heterocycles. The van der Waals surface area contributed by atoms with Crippen LogP contribution in [0.15, 0.2) is 48.5 Å². The molecule has 0 aliphatic carbocycles. The number of hydrogen-bond acceptors (Lipinski definition) is 2. The first-order chi connectivity index (χ1) is 9.33. The minimum absolute atomic E-state index is 0.220. The Hall–Kier alpha value is -1.87. The molecule has 0 spiro atoms. The lowest BCUT2D eigenvalue weighted by Gasteiger charge is -2.16. The van der Waals surface area contributed by atoms with Crippen LogP contribution >= 0.6 is 0 Å². The summed E-state index contributed by atoms with van der Waals surface area (Å²) in [5, 5.41) is 3.28. The smallest absolute Gasteiger partial charge is 0.127 e. The highest BCUT2D eigenvalue weighted by molar-refractivity contribution is 5.70. The molecule has 2 aromatic carbocycles. The van der Waals surface area contributed by atoms with Crippen LogP contribution in [0.3, 0.4) is 0 Å². The van der Waals surface area contributed by atoms with Crippen molar-refractivity contribution in [1.82, 2.24) is 5.32 Å². The van der Waals surface area contributed by atoms with Crippen molar-refractivity contribution in [2.45, 2.75) is 12.5 Å². The highest BCUT2D eigenvalue weighted by Gasteiger charge is 2.17. The molecule has 1 aliphatic heterocycles. The Balaban J connectivity index is 1.90. The number of halogens is 1. The van der Waals surface area contributed by atoms with Crippen LogP contribution in [0, 0.1) is 5.82 Å². The molecule has 2 aromatic rings. The van der Waals surface area contributed by atoms with Crippen molar-refractivity contribution in [1.29, 1.82) is 0 Å². The van der Waals surface area contributed by atoms with Crippen LogP contribution in [0.1, 0.15) is 6.42 Å². The molecule has 3 rings (SSSR count). The van der Waals surface area contributed by atoms with Gasteiger partial charge in [0.05, 0.1) is 0 Å². The van der Waals surface area contributed by atoms with Crippen LogP contribution in [0.25, 0.3) is 11.1 Å². The average molecular weight is 257 g/mol. The lowest BCUT2D eigenvalue weighted by atomic mass is 10.0. The summed E-state index contributed by atoms with van der Waals surface area (Å²) in [6.07, 6.45) is 1.25. The zero-order chi connectivity index (χ0) is 13.1. The summed E-state index contributed by atoms with van der Waals surface area (Å²) >= 11 is 0. The van der Waals surface area contributed by atoms with Crippen LogP contribution in [-0.2, 0) is 0 Å². The van der Waals surface area contributed by atoms with E-state index in [0.29, 0.717) is 0 Å². The second kappa shape index (κ2) is 5.41. The van der Waals surface area contributed by atoms with E-state index in [9.17, 15) is 4.39 Å². The van der Waals surface area contributed by atoms with E-state index in [-0.39, 0.29) is 11.9 Å². The van der Waals surface area contributed by atoms with Crippen LogP contribution in [0.5, 0.6) is 5.75 Å². The van der Waals surface area contributed by atoms with Gasteiger partial charge < -0.3 is 10.1 Å². The maximum atomic E-state index is 13.0. The monoisotopic (exact) mass is 257 g/mol. The quantitative estimate of drug-likeness (QED) is 0.911. The molecule has 3 heteroatoms. The molecule has 0 saturated carbocycles. The van der Waals surface area contributed by atoms with E-state index in [1.807, 2.05) is 24.3 Å². The molecule has 0 unspecified atom stereocenters. The Labute approximate surface area is 112 Å². The number of nitrogens with one attached hydrogen (secondary N) is 1. The van der Waals surface area contributed by atoms with Gasteiger partial charge in [-0.15, -0.1) is 0 Å². The molecule has 2 nitrogen and oxygen atoms in total. The SMILES string of the molecule is Fc1ccc(-c2ccccc2O[C@H]2CCNC2)cc1. The van der Waals surface area contributed by atoms with E-state index in [1.165, 1.54) is 12.1 Å². The van der Waals surface area contributed by atoms with Crippen molar-refractivity contribution in [2.24, 2.45) is 0 Å². The van der Waals surface area contributed by atoms with Gasteiger partial charge in [0.25, 0.3) is 0 Å². The largest absolute Gasteiger partial charge is 0.488 e. The van der Waals surface area contributed by atoms with Gasteiger partial charge in [-0.05, 0) is 36.7 Å². The lowest BCUT2D eigenvalue weighted by Crippen LogP contribution is -2.19. The van der Waals surface area contributed by atoms with Crippen molar-refractivity contribution < 1.29 is 9.13 Å². The predicted molar refractivity (Wildman–Crippen MR) is 73.7 cm³/mol.